The summed E-state index contributed by atoms with van der Waals surface area (Å²) in [6.07, 6.45) is 1.73. The van der Waals surface area contributed by atoms with Crippen LogP contribution in [0.15, 0.2) is 52.4 Å². The number of hydrogen-bond donors (Lipinski definition) is 2. The first-order chi connectivity index (χ1) is 13.0. The van der Waals surface area contributed by atoms with Gasteiger partial charge in [-0.05, 0) is 59.8 Å². The number of ether oxygens (including phenoxy) is 2. The Labute approximate surface area is 159 Å². The van der Waals surface area contributed by atoms with Crippen LogP contribution in [0, 0.1) is 0 Å². The van der Waals surface area contributed by atoms with Gasteiger partial charge in [0.15, 0.2) is 16.7 Å². The number of carbonyl (C=O) groups is 2. The number of aromatic carboxylic acids is 1. The van der Waals surface area contributed by atoms with Crippen molar-refractivity contribution in [2.75, 3.05) is 14.2 Å². The van der Waals surface area contributed by atoms with Gasteiger partial charge in [0.1, 0.15) is 0 Å². The maximum atomic E-state index is 12.2. The van der Waals surface area contributed by atoms with Gasteiger partial charge in [-0.3, -0.25) is 4.79 Å². The summed E-state index contributed by atoms with van der Waals surface area (Å²) in [5.41, 5.74) is 1.52. The topological polar surface area (TPSA) is 97.2 Å². The molecule has 0 spiro atoms. The molecule has 0 atom stereocenters. The minimum absolute atomic E-state index is 0.177. The summed E-state index contributed by atoms with van der Waals surface area (Å²) >= 11 is 1.20. The maximum Gasteiger partial charge on any atom is 0.335 e. The first-order valence-electron chi connectivity index (χ1n) is 7.85. The molecule has 3 rings (SSSR count). The lowest BCUT2D eigenvalue weighted by molar-refractivity contribution is -0.115. The smallest absolute Gasteiger partial charge is 0.335 e. The molecule has 0 saturated carbocycles. The Bertz CT molecular complexity index is 951. The fraction of sp³-hybridized carbons (Fsp3) is 0.105. The molecule has 27 heavy (non-hydrogen) atoms. The Morgan fingerprint density at radius 3 is 2.44 bits per heavy atom. The average molecular weight is 384 g/mol. The molecule has 1 heterocycles. The molecule has 0 aromatic heterocycles. The molecule has 1 amide bonds. The number of amides is 1. The molecular weight excluding hydrogens is 368 g/mol. The molecule has 138 valence electrons. The van der Waals surface area contributed by atoms with E-state index in [-0.39, 0.29) is 11.5 Å². The van der Waals surface area contributed by atoms with Crippen LogP contribution in [0.2, 0.25) is 0 Å². The Hall–Kier alpha value is -3.26. The van der Waals surface area contributed by atoms with E-state index >= 15 is 0 Å². The minimum atomic E-state index is -1.00. The summed E-state index contributed by atoms with van der Waals surface area (Å²) < 4.78 is 10.5. The minimum Gasteiger partial charge on any atom is -0.493 e. The summed E-state index contributed by atoms with van der Waals surface area (Å²) in [6.45, 7) is 0. The molecule has 2 aromatic carbocycles. The average Bonchev–Trinajstić information content (AvgIpc) is 3.00. The second-order valence-corrected chi connectivity index (χ2v) is 6.48. The Kier molecular flexibility index (Phi) is 5.46. The van der Waals surface area contributed by atoms with Crippen LogP contribution in [0.1, 0.15) is 15.9 Å². The van der Waals surface area contributed by atoms with Crippen LogP contribution in [0.3, 0.4) is 0 Å². The van der Waals surface area contributed by atoms with Crippen LogP contribution in [0.25, 0.3) is 6.08 Å². The third kappa shape index (κ3) is 4.29. The molecule has 0 aliphatic carbocycles. The zero-order valence-electron chi connectivity index (χ0n) is 14.6. The quantitative estimate of drug-likeness (QED) is 0.768. The van der Waals surface area contributed by atoms with E-state index in [1.54, 1.807) is 44.6 Å². The highest BCUT2D eigenvalue weighted by atomic mass is 32.2. The number of rotatable bonds is 5. The lowest BCUT2D eigenvalue weighted by atomic mass is 10.2. The zero-order chi connectivity index (χ0) is 19.4. The van der Waals surface area contributed by atoms with Crippen LogP contribution < -0.4 is 14.8 Å². The molecular formula is C19H16N2O5S. The largest absolute Gasteiger partial charge is 0.493 e. The summed E-state index contributed by atoms with van der Waals surface area (Å²) in [5, 5.41) is 12.0. The van der Waals surface area contributed by atoms with E-state index in [2.05, 4.69) is 10.3 Å². The molecule has 2 N–H and O–H groups in total. The maximum absolute atomic E-state index is 12.2. The standard InChI is InChI=1S/C19H16N2O5S/c1-25-14-8-3-11(9-15(14)26-2)10-16-17(22)21-19(27-16)20-13-6-4-12(5-7-13)18(23)24/h3-10H,1-2H3,(H,23,24)(H,20,21,22)/b16-10-. The van der Waals surface area contributed by atoms with Crippen LogP contribution >= 0.6 is 11.8 Å². The molecule has 1 saturated heterocycles. The van der Waals surface area contributed by atoms with E-state index < -0.39 is 5.97 Å². The van der Waals surface area contributed by atoms with Crippen LogP contribution in [0.4, 0.5) is 5.69 Å². The monoisotopic (exact) mass is 384 g/mol. The number of benzene rings is 2. The number of nitrogens with zero attached hydrogens (tertiary/aromatic N) is 1. The predicted octanol–water partition coefficient (Wildman–Crippen LogP) is 3.29. The van der Waals surface area contributed by atoms with Gasteiger partial charge < -0.3 is 19.9 Å². The first-order valence-corrected chi connectivity index (χ1v) is 8.67. The predicted molar refractivity (Wildman–Crippen MR) is 104 cm³/mol. The Morgan fingerprint density at radius 2 is 1.81 bits per heavy atom. The molecule has 0 bridgehead atoms. The lowest BCUT2D eigenvalue weighted by Gasteiger charge is -2.07. The van der Waals surface area contributed by atoms with E-state index in [9.17, 15) is 9.59 Å². The van der Waals surface area contributed by atoms with Gasteiger partial charge in [-0.2, -0.15) is 0 Å². The van der Waals surface area contributed by atoms with Gasteiger partial charge in [0.2, 0.25) is 0 Å². The zero-order valence-corrected chi connectivity index (χ0v) is 15.4. The molecule has 7 nitrogen and oxygen atoms in total. The molecule has 1 fully saturated rings. The molecule has 0 radical (unpaired) electrons. The number of aliphatic imine (C=N–C) groups is 1. The van der Waals surface area contributed by atoms with Gasteiger partial charge in [-0.1, -0.05) is 6.07 Å². The molecule has 8 heteroatoms. The van der Waals surface area contributed by atoms with Gasteiger partial charge in [0.05, 0.1) is 30.4 Å². The number of nitrogens with one attached hydrogen (secondary N) is 1. The van der Waals surface area contributed by atoms with E-state index in [0.717, 1.165) is 5.56 Å². The van der Waals surface area contributed by atoms with Crippen molar-refractivity contribution < 1.29 is 24.2 Å². The van der Waals surface area contributed by atoms with Gasteiger partial charge in [0.25, 0.3) is 5.91 Å². The van der Waals surface area contributed by atoms with Crippen molar-refractivity contribution in [3.05, 3.63) is 58.5 Å². The number of methoxy groups -OCH3 is 2. The molecule has 1 aliphatic heterocycles. The summed E-state index contributed by atoms with van der Waals surface area (Å²) in [6, 6.07) is 11.5. The lowest BCUT2D eigenvalue weighted by Crippen LogP contribution is -2.19. The first kappa shape index (κ1) is 18.5. The fourth-order valence-electron chi connectivity index (χ4n) is 2.37. The van der Waals surface area contributed by atoms with Crippen molar-refractivity contribution in [1.29, 1.82) is 0 Å². The third-order valence-corrected chi connectivity index (χ3v) is 4.61. The molecule has 2 aromatic rings. The Balaban J connectivity index is 1.80. The molecule has 1 aliphatic rings. The number of amidine groups is 1. The fourth-order valence-corrected chi connectivity index (χ4v) is 3.21. The number of hydrogen-bond acceptors (Lipinski definition) is 6. The highest BCUT2D eigenvalue weighted by Gasteiger charge is 2.24. The second kappa shape index (κ2) is 7.96. The van der Waals surface area contributed by atoms with Gasteiger partial charge in [-0.25, -0.2) is 9.79 Å². The van der Waals surface area contributed by atoms with Crippen molar-refractivity contribution in [1.82, 2.24) is 5.32 Å². The third-order valence-electron chi connectivity index (χ3n) is 3.70. The van der Waals surface area contributed by atoms with Crippen molar-refractivity contribution in [3.8, 4) is 11.5 Å². The van der Waals surface area contributed by atoms with Crippen molar-refractivity contribution in [3.63, 3.8) is 0 Å². The summed E-state index contributed by atoms with van der Waals surface area (Å²) in [4.78, 5) is 27.9. The van der Waals surface area contributed by atoms with Crippen LogP contribution in [0.5, 0.6) is 11.5 Å². The van der Waals surface area contributed by atoms with Gasteiger partial charge >= 0.3 is 5.97 Å². The number of carboxylic acids is 1. The summed E-state index contributed by atoms with van der Waals surface area (Å²) in [5.74, 6) is -0.0773. The normalized spacial score (nSPS) is 16.4. The van der Waals surface area contributed by atoms with Crippen molar-refractivity contribution in [2.24, 2.45) is 4.99 Å². The number of carboxylic acid groups (broad SMARTS) is 1. The second-order valence-electron chi connectivity index (χ2n) is 5.45. The van der Waals surface area contributed by atoms with E-state index in [4.69, 9.17) is 14.6 Å². The van der Waals surface area contributed by atoms with Gasteiger partial charge in [-0.15, -0.1) is 0 Å². The summed E-state index contributed by atoms with van der Waals surface area (Å²) in [7, 11) is 3.11. The van der Waals surface area contributed by atoms with E-state index in [1.807, 2.05) is 6.07 Å². The van der Waals surface area contributed by atoms with E-state index in [1.165, 1.54) is 23.9 Å². The number of thioether (sulfide) groups is 1. The van der Waals surface area contributed by atoms with Crippen LogP contribution in [-0.4, -0.2) is 36.4 Å². The Morgan fingerprint density at radius 1 is 1.11 bits per heavy atom. The van der Waals surface area contributed by atoms with Crippen molar-refractivity contribution >= 4 is 40.6 Å². The van der Waals surface area contributed by atoms with Gasteiger partial charge in [0, 0.05) is 0 Å². The number of carbonyl (C=O) groups excluding carboxylic acids is 1. The van der Waals surface area contributed by atoms with Crippen LogP contribution in [-0.2, 0) is 4.79 Å². The highest BCUT2D eigenvalue weighted by Crippen LogP contribution is 2.32. The SMILES string of the molecule is COc1ccc(/C=C2\SC(=Nc3ccc(C(=O)O)cc3)NC2=O)cc1OC. The highest BCUT2D eigenvalue weighted by molar-refractivity contribution is 8.18. The van der Waals surface area contributed by atoms with Crippen molar-refractivity contribution in [2.45, 2.75) is 0 Å². The molecule has 0 unspecified atom stereocenters. The van der Waals surface area contributed by atoms with E-state index in [0.29, 0.717) is 27.3 Å².